The Hall–Kier alpha value is -9.77. The van der Waals surface area contributed by atoms with Gasteiger partial charge in [-0.2, -0.15) is 5.26 Å². The second kappa shape index (κ2) is 16.4. The second-order valence-corrected chi connectivity index (χ2v) is 20.6. The van der Waals surface area contributed by atoms with E-state index in [2.05, 4.69) is 166 Å². The van der Waals surface area contributed by atoms with Crippen molar-refractivity contribution in [3.8, 4) is 62.7 Å². The quantitative estimate of drug-likeness (QED) is 0.156. The Kier molecular flexibility index (Phi) is 9.29. The van der Waals surface area contributed by atoms with Crippen LogP contribution in [0.1, 0.15) is 5.56 Å². The highest BCUT2D eigenvalue weighted by atomic mass is 32.1. The van der Waals surface area contributed by atoms with Gasteiger partial charge in [0.2, 0.25) is 0 Å². The maximum Gasteiger partial charge on any atom is 0.187 e. The predicted molar refractivity (Wildman–Crippen MR) is 307 cm³/mol. The van der Waals surface area contributed by atoms with Crippen LogP contribution < -0.4 is 0 Å². The third-order valence-electron chi connectivity index (χ3n) is 14.5. The van der Waals surface area contributed by atoms with Gasteiger partial charge in [0.05, 0.1) is 40.3 Å². The van der Waals surface area contributed by atoms with Crippen LogP contribution in [0.15, 0.2) is 212 Å². The van der Waals surface area contributed by atoms with Crippen LogP contribution in [0.5, 0.6) is 0 Å². The van der Waals surface area contributed by atoms with Gasteiger partial charge in [0, 0.05) is 90.0 Å². The van der Waals surface area contributed by atoms with E-state index in [1.165, 1.54) is 56.5 Å². The van der Waals surface area contributed by atoms with E-state index < -0.39 is 0 Å². The summed E-state index contributed by atoms with van der Waals surface area (Å²) in [7, 11) is 0. The molecule has 74 heavy (non-hydrogen) atoms. The largest absolute Gasteiger partial charge is 0.309 e. The molecule has 0 saturated heterocycles. The number of nitrogens with zero attached hydrogens (tertiary/aromatic N) is 7. The van der Waals surface area contributed by atoms with Crippen molar-refractivity contribution in [3.63, 3.8) is 0 Å². The zero-order valence-electron chi connectivity index (χ0n) is 39.2. The van der Waals surface area contributed by atoms with Crippen LogP contribution in [0, 0.1) is 17.9 Å². The lowest BCUT2D eigenvalue weighted by atomic mass is 9.97. The normalized spacial score (nSPS) is 11.8. The maximum atomic E-state index is 11.1. The van der Waals surface area contributed by atoms with Gasteiger partial charge < -0.3 is 9.13 Å². The minimum absolute atomic E-state index is 0.388. The summed E-state index contributed by atoms with van der Waals surface area (Å²) in [6, 6.07) is 76.0. The number of aromatic nitrogens is 5. The molecule has 10 aromatic carbocycles. The van der Waals surface area contributed by atoms with Crippen molar-refractivity contribution >= 4 is 112 Å². The third kappa shape index (κ3) is 6.31. The van der Waals surface area contributed by atoms with Crippen LogP contribution >= 0.6 is 22.7 Å². The molecule has 0 atom stereocenters. The number of rotatable bonds is 6. The van der Waals surface area contributed by atoms with E-state index >= 15 is 0 Å². The molecule has 5 heterocycles. The Morgan fingerprint density at radius 2 is 0.905 bits per heavy atom. The smallest absolute Gasteiger partial charge is 0.187 e. The summed E-state index contributed by atoms with van der Waals surface area (Å²) in [5, 5.41) is 20.9. The van der Waals surface area contributed by atoms with Gasteiger partial charge in [-0.3, -0.25) is 0 Å². The monoisotopic (exact) mass is 977 g/mol. The summed E-state index contributed by atoms with van der Waals surface area (Å²) in [5.74, 6) is 1.34. The molecule has 0 bridgehead atoms. The highest BCUT2D eigenvalue weighted by Crippen LogP contribution is 2.46. The Labute approximate surface area is 431 Å². The Balaban J connectivity index is 0.927. The van der Waals surface area contributed by atoms with Crippen LogP contribution in [0.2, 0.25) is 0 Å². The van der Waals surface area contributed by atoms with Gasteiger partial charge >= 0.3 is 0 Å². The van der Waals surface area contributed by atoms with E-state index in [-0.39, 0.29) is 0 Å². The van der Waals surface area contributed by atoms with Gasteiger partial charge in [-0.15, -0.1) is 22.7 Å². The molecule has 0 aliphatic carbocycles. The zero-order chi connectivity index (χ0) is 49.0. The lowest BCUT2D eigenvalue weighted by Crippen LogP contribution is -2.03. The summed E-state index contributed by atoms with van der Waals surface area (Å²) in [5.41, 5.74) is 11.2. The van der Waals surface area contributed by atoms with E-state index in [0.29, 0.717) is 34.3 Å². The number of hydrogen-bond donors (Lipinski definition) is 0. The van der Waals surface area contributed by atoms with Crippen LogP contribution in [0.3, 0.4) is 0 Å². The summed E-state index contributed by atoms with van der Waals surface area (Å²) < 4.78 is 9.66. The first-order valence-electron chi connectivity index (χ1n) is 24.3. The molecule has 0 unspecified atom stereocenters. The fraction of sp³-hybridized carbons (Fsp3) is 0. The van der Waals surface area contributed by atoms with Crippen molar-refractivity contribution in [1.29, 1.82) is 5.26 Å². The summed E-state index contributed by atoms with van der Waals surface area (Å²) in [6.07, 6.45) is 0. The summed E-state index contributed by atoms with van der Waals surface area (Å²) in [6.45, 7) is 7.76. The first-order valence-corrected chi connectivity index (χ1v) is 25.9. The number of para-hydroxylation sites is 2. The van der Waals surface area contributed by atoms with Gasteiger partial charge in [-0.05, 0) is 83.9 Å². The lowest BCUT2D eigenvalue weighted by Gasteiger charge is -2.16. The standard InChI is InChI=1S/C65H35N7S2/c1-67-41-25-23-38(24-26-41)52-36-43(72-54-20-10-6-18-51(54)60-56(72)34-32-48-46-16-8-12-22-58(46)74-62(48)60)28-30-49(52)65-69-63(39-13-3-2-4-14-39)68-64(70-65)44-29-27-42(35-40(44)37-66)71-53-19-9-5-17-50(53)59-55(71)33-31-47-45-15-7-11-21-57(45)73-61(47)59/h2-36H. The SMILES string of the molecule is [C-]#[N+]c1ccc(-c2cc(-n3c4ccccc4c4c5sc6ccccc6c5ccc43)ccc2-c2nc(-c3ccccc3)nc(-c3ccc(-n4c5ccccc5c5c6sc7ccccc7c6ccc54)cc3C#N)n2)cc1. The van der Waals surface area contributed by atoms with Gasteiger partial charge in [0.1, 0.15) is 0 Å². The number of nitriles is 1. The molecule has 342 valence electrons. The third-order valence-corrected chi connectivity index (χ3v) is 16.9. The van der Waals surface area contributed by atoms with Gasteiger partial charge in [0.15, 0.2) is 23.2 Å². The highest BCUT2D eigenvalue weighted by Gasteiger charge is 2.23. The molecule has 0 amide bonds. The second-order valence-electron chi connectivity index (χ2n) is 18.5. The summed E-state index contributed by atoms with van der Waals surface area (Å²) >= 11 is 3.66. The van der Waals surface area contributed by atoms with E-state index in [9.17, 15) is 5.26 Å². The Morgan fingerprint density at radius 3 is 1.49 bits per heavy atom. The zero-order valence-corrected chi connectivity index (χ0v) is 40.8. The molecule has 0 radical (unpaired) electrons. The number of benzene rings is 10. The van der Waals surface area contributed by atoms with Gasteiger partial charge in [-0.1, -0.05) is 140 Å². The predicted octanol–water partition coefficient (Wildman–Crippen LogP) is 17.9. The average molecular weight is 978 g/mol. The van der Waals surface area contributed by atoms with E-state index in [1.807, 2.05) is 89.4 Å². The first-order chi connectivity index (χ1) is 36.6. The molecular weight excluding hydrogens is 943 g/mol. The van der Waals surface area contributed by atoms with Crippen molar-refractivity contribution in [1.82, 2.24) is 24.1 Å². The number of thiophene rings is 2. The van der Waals surface area contributed by atoms with Crippen LogP contribution in [0.25, 0.3) is 145 Å². The molecule has 0 fully saturated rings. The van der Waals surface area contributed by atoms with Crippen LogP contribution in [-0.4, -0.2) is 24.1 Å². The Bertz CT molecular complexity index is 4930. The maximum absolute atomic E-state index is 11.1. The molecule has 0 saturated carbocycles. The van der Waals surface area contributed by atoms with Crippen molar-refractivity contribution in [3.05, 3.63) is 229 Å². The van der Waals surface area contributed by atoms with Crippen molar-refractivity contribution < 1.29 is 0 Å². The van der Waals surface area contributed by atoms with Crippen molar-refractivity contribution in [2.24, 2.45) is 0 Å². The first kappa shape index (κ1) is 42.0. The number of hydrogen-bond acceptors (Lipinski definition) is 6. The molecule has 0 aliphatic rings. The molecule has 15 rings (SSSR count). The van der Waals surface area contributed by atoms with E-state index in [0.717, 1.165) is 61.1 Å². The van der Waals surface area contributed by atoms with Crippen molar-refractivity contribution in [2.75, 3.05) is 0 Å². The highest BCUT2D eigenvalue weighted by molar-refractivity contribution is 7.27. The molecule has 0 spiro atoms. The molecular formula is C65H35N7S2. The molecule has 0 N–H and O–H groups in total. The van der Waals surface area contributed by atoms with Crippen LogP contribution in [0.4, 0.5) is 5.69 Å². The topological polar surface area (TPSA) is 76.7 Å². The lowest BCUT2D eigenvalue weighted by molar-refractivity contribution is 1.07. The molecule has 7 nitrogen and oxygen atoms in total. The minimum Gasteiger partial charge on any atom is -0.309 e. The molecule has 9 heteroatoms. The van der Waals surface area contributed by atoms with Gasteiger partial charge in [0.25, 0.3) is 0 Å². The number of fused-ring (bicyclic) bond motifs is 14. The Morgan fingerprint density at radius 1 is 0.405 bits per heavy atom. The van der Waals surface area contributed by atoms with E-state index in [4.69, 9.17) is 21.5 Å². The van der Waals surface area contributed by atoms with E-state index in [1.54, 1.807) is 0 Å². The van der Waals surface area contributed by atoms with Gasteiger partial charge in [-0.25, -0.2) is 19.8 Å². The van der Waals surface area contributed by atoms with Crippen LogP contribution in [-0.2, 0) is 0 Å². The van der Waals surface area contributed by atoms with Crippen molar-refractivity contribution in [2.45, 2.75) is 0 Å². The molecule has 15 aromatic rings. The summed E-state index contributed by atoms with van der Waals surface area (Å²) in [4.78, 5) is 19.4. The molecule has 5 aromatic heterocycles. The average Bonchev–Trinajstić information content (AvgIpc) is 4.27. The fourth-order valence-electron chi connectivity index (χ4n) is 11.1. The fourth-order valence-corrected chi connectivity index (χ4v) is 13.7. The molecule has 0 aliphatic heterocycles. The minimum atomic E-state index is 0.388.